The number of carbonyl (C=O) groups is 2. The van der Waals surface area contributed by atoms with E-state index in [9.17, 15) is 9.59 Å². The first-order valence-corrected chi connectivity index (χ1v) is 5.18. The molecule has 1 aliphatic carbocycles. The summed E-state index contributed by atoms with van der Waals surface area (Å²) in [6.07, 6.45) is 1.50. The Kier molecular flexibility index (Phi) is 3.67. The lowest BCUT2D eigenvalue weighted by Gasteiger charge is -2.37. The Morgan fingerprint density at radius 3 is 2.64 bits per heavy atom. The first kappa shape index (κ1) is 11.2. The summed E-state index contributed by atoms with van der Waals surface area (Å²) in [5, 5.41) is 0. The predicted octanol–water partition coefficient (Wildman–Crippen LogP) is 1.80. The number of esters is 1. The van der Waals surface area contributed by atoms with Gasteiger partial charge in [-0.1, -0.05) is 13.8 Å². The molecule has 0 N–H and O–H groups in total. The molecule has 80 valence electrons. The molecule has 0 aromatic carbocycles. The van der Waals surface area contributed by atoms with E-state index in [2.05, 4.69) is 13.8 Å². The van der Waals surface area contributed by atoms with Gasteiger partial charge in [0.1, 0.15) is 5.78 Å². The number of rotatable bonds is 4. The summed E-state index contributed by atoms with van der Waals surface area (Å²) < 4.78 is 4.86. The molecule has 2 atom stereocenters. The van der Waals surface area contributed by atoms with Gasteiger partial charge in [-0.25, -0.2) is 0 Å². The third-order valence-corrected chi connectivity index (χ3v) is 2.86. The number of hydrogen-bond acceptors (Lipinski definition) is 3. The molecule has 1 aliphatic rings. The summed E-state index contributed by atoms with van der Waals surface area (Å²) in [4.78, 5) is 21.8. The Labute approximate surface area is 84.8 Å². The zero-order chi connectivity index (χ0) is 10.7. The monoisotopic (exact) mass is 198 g/mol. The van der Waals surface area contributed by atoms with Crippen molar-refractivity contribution in [3.05, 3.63) is 0 Å². The van der Waals surface area contributed by atoms with Gasteiger partial charge in [-0.05, 0) is 18.3 Å². The normalized spacial score (nSPS) is 26.1. The van der Waals surface area contributed by atoms with Crippen molar-refractivity contribution >= 4 is 11.8 Å². The van der Waals surface area contributed by atoms with Crippen molar-refractivity contribution in [3.8, 4) is 0 Å². The molecule has 3 nitrogen and oxygen atoms in total. The second-order valence-electron chi connectivity index (χ2n) is 4.33. The fraction of sp³-hybridized carbons (Fsp3) is 0.818. The molecule has 0 aromatic rings. The summed E-state index contributed by atoms with van der Waals surface area (Å²) in [6.45, 7) is 6.00. The maximum absolute atomic E-state index is 11.3. The van der Waals surface area contributed by atoms with E-state index < -0.39 is 0 Å². The lowest BCUT2D eigenvalue weighted by Crippen LogP contribution is -2.41. The Balaban J connectivity index is 2.26. The van der Waals surface area contributed by atoms with E-state index in [4.69, 9.17) is 4.74 Å². The van der Waals surface area contributed by atoms with Gasteiger partial charge < -0.3 is 4.74 Å². The summed E-state index contributed by atoms with van der Waals surface area (Å²) in [5.74, 6) is 1.18. The maximum atomic E-state index is 11.3. The Hall–Kier alpha value is -0.860. The van der Waals surface area contributed by atoms with Gasteiger partial charge in [-0.3, -0.25) is 9.59 Å². The Bertz CT molecular complexity index is 233. The van der Waals surface area contributed by atoms with E-state index in [1.165, 1.54) is 6.92 Å². The van der Waals surface area contributed by atoms with Crippen molar-refractivity contribution in [2.24, 2.45) is 17.8 Å². The van der Waals surface area contributed by atoms with Gasteiger partial charge in [0.2, 0.25) is 0 Å². The molecule has 1 fully saturated rings. The van der Waals surface area contributed by atoms with Crippen molar-refractivity contribution in [3.63, 3.8) is 0 Å². The van der Waals surface area contributed by atoms with Crippen LogP contribution < -0.4 is 0 Å². The predicted molar refractivity (Wildman–Crippen MR) is 52.7 cm³/mol. The van der Waals surface area contributed by atoms with Gasteiger partial charge in [-0.15, -0.1) is 0 Å². The van der Waals surface area contributed by atoms with Crippen LogP contribution in [0.3, 0.4) is 0 Å². The zero-order valence-corrected chi connectivity index (χ0v) is 9.08. The molecular weight excluding hydrogens is 180 g/mol. The minimum Gasteiger partial charge on any atom is -0.466 e. The van der Waals surface area contributed by atoms with E-state index in [1.807, 2.05) is 0 Å². The lowest BCUT2D eigenvalue weighted by atomic mass is 9.66. The van der Waals surface area contributed by atoms with Crippen molar-refractivity contribution in [1.82, 2.24) is 0 Å². The molecule has 0 heterocycles. The third-order valence-electron chi connectivity index (χ3n) is 2.86. The van der Waals surface area contributed by atoms with Gasteiger partial charge in [0.15, 0.2) is 0 Å². The smallest absolute Gasteiger partial charge is 0.302 e. The highest BCUT2D eigenvalue weighted by atomic mass is 16.5. The van der Waals surface area contributed by atoms with E-state index in [0.29, 0.717) is 30.6 Å². The van der Waals surface area contributed by atoms with Crippen LogP contribution in [0.5, 0.6) is 0 Å². The molecule has 0 aromatic heterocycles. The largest absolute Gasteiger partial charge is 0.466 e. The van der Waals surface area contributed by atoms with E-state index >= 15 is 0 Å². The van der Waals surface area contributed by atoms with Crippen LogP contribution in [-0.4, -0.2) is 18.4 Å². The Morgan fingerprint density at radius 2 is 2.21 bits per heavy atom. The standard InChI is InChI=1S/C11H18O3/c1-7(2)11-9(6-10(11)13)4-5-14-8(3)12/h7,9,11H,4-6H2,1-3H3/t9-,11+/m1/s1. The van der Waals surface area contributed by atoms with Crippen LogP contribution in [0.2, 0.25) is 0 Å². The maximum Gasteiger partial charge on any atom is 0.302 e. The molecule has 3 heteroatoms. The zero-order valence-electron chi connectivity index (χ0n) is 9.08. The molecule has 1 saturated carbocycles. The Morgan fingerprint density at radius 1 is 1.57 bits per heavy atom. The van der Waals surface area contributed by atoms with E-state index in [1.54, 1.807) is 0 Å². The minimum absolute atomic E-state index is 0.200. The van der Waals surface area contributed by atoms with Crippen molar-refractivity contribution < 1.29 is 14.3 Å². The summed E-state index contributed by atoms with van der Waals surface area (Å²) in [5.41, 5.74) is 0. The van der Waals surface area contributed by atoms with E-state index in [0.717, 1.165) is 6.42 Å². The number of hydrogen-bond donors (Lipinski definition) is 0. The topological polar surface area (TPSA) is 43.4 Å². The summed E-state index contributed by atoms with van der Waals surface area (Å²) in [6, 6.07) is 0. The number of carbonyl (C=O) groups excluding carboxylic acids is 2. The molecule has 0 amide bonds. The average Bonchev–Trinajstić information content (AvgIpc) is 2.00. The molecule has 0 unspecified atom stereocenters. The van der Waals surface area contributed by atoms with Gasteiger partial charge in [0.25, 0.3) is 0 Å². The van der Waals surface area contributed by atoms with Crippen LogP contribution in [0, 0.1) is 17.8 Å². The highest BCUT2D eigenvalue weighted by Gasteiger charge is 2.40. The highest BCUT2D eigenvalue weighted by molar-refractivity contribution is 5.87. The lowest BCUT2D eigenvalue weighted by molar-refractivity contribution is -0.143. The molecular formula is C11H18O3. The first-order valence-electron chi connectivity index (χ1n) is 5.18. The first-order chi connectivity index (χ1) is 6.52. The van der Waals surface area contributed by atoms with Crippen LogP contribution in [0.1, 0.15) is 33.6 Å². The van der Waals surface area contributed by atoms with Crippen LogP contribution in [-0.2, 0) is 14.3 Å². The fourth-order valence-corrected chi connectivity index (χ4v) is 2.18. The molecule has 0 aliphatic heterocycles. The van der Waals surface area contributed by atoms with Gasteiger partial charge in [-0.2, -0.15) is 0 Å². The fourth-order valence-electron chi connectivity index (χ4n) is 2.18. The molecule has 0 spiro atoms. The average molecular weight is 198 g/mol. The number of ether oxygens (including phenoxy) is 1. The van der Waals surface area contributed by atoms with Crippen molar-refractivity contribution in [1.29, 1.82) is 0 Å². The van der Waals surface area contributed by atoms with Gasteiger partial charge >= 0.3 is 5.97 Å². The van der Waals surface area contributed by atoms with Crippen LogP contribution in [0.15, 0.2) is 0 Å². The number of Topliss-reactive ketones (excluding diaryl/α,β-unsaturated/α-hetero) is 1. The summed E-state index contributed by atoms with van der Waals surface area (Å²) in [7, 11) is 0. The number of ketones is 1. The van der Waals surface area contributed by atoms with Crippen LogP contribution >= 0.6 is 0 Å². The van der Waals surface area contributed by atoms with Crippen LogP contribution in [0.25, 0.3) is 0 Å². The van der Waals surface area contributed by atoms with Gasteiger partial charge in [0.05, 0.1) is 6.61 Å². The second-order valence-corrected chi connectivity index (χ2v) is 4.33. The summed E-state index contributed by atoms with van der Waals surface area (Å²) >= 11 is 0. The second kappa shape index (κ2) is 4.58. The molecule has 1 rings (SSSR count). The molecule has 0 radical (unpaired) electrons. The van der Waals surface area contributed by atoms with Crippen molar-refractivity contribution in [2.75, 3.05) is 6.61 Å². The minimum atomic E-state index is -0.239. The van der Waals surface area contributed by atoms with Gasteiger partial charge in [0, 0.05) is 19.3 Å². The highest BCUT2D eigenvalue weighted by Crippen LogP contribution is 2.38. The quantitative estimate of drug-likeness (QED) is 0.647. The molecule has 0 bridgehead atoms. The van der Waals surface area contributed by atoms with Crippen LogP contribution in [0.4, 0.5) is 0 Å². The van der Waals surface area contributed by atoms with Crippen molar-refractivity contribution in [2.45, 2.75) is 33.6 Å². The molecule has 14 heavy (non-hydrogen) atoms. The van der Waals surface area contributed by atoms with E-state index in [-0.39, 0.29) is 11.9 Å². The third kappa shape index (κ3) is 2.56. The molecule has 0 saturated heterocycles. The SMILES string of the molecule is CC(=O)OCC[C@@H]1CC(=O)[C@H]1C(C)C.